The normalized spacial score (nSPS) is 17.1. The second-order valence-electron chi connectivity index (χ2n) is 8.24. The molecule has 0 spiro atoms. The molecule has 3 heterocycles. The van der Waals surface area contributed by atoms with E-state index in [4.69, 9.17) is 4.52 Å². The van der Waals surface area contributed by atoms with Gasteiger partial charge in [-0.15, -0.1) is 0 Å². The summed E-state index contributed by atoms with van der Waals surface area (Å²) in [5.74, 6) is 0.991. The maximum Gasteiger partial charge on any atom is 0.227 e. The summed E-state index contributed by atoms with van der Waals surface area (Å²) in [5, 5.41) is 4.03. The monoisotopic (exact) mass is 410 g/mol. The predicted molar refractivity (Wildman–Crippen MR) is 114 cm³/mol. The van der Waals surface area contributed by atoms with Crippen molar-refractivity contribution in [2.24, 2.45) is 0 Å². The van der Waals surface area contributed by atoms with Crippen molar-refractivity contribution in [3.05, 3.63) is 46.8 Å². The van der Waals surface area contributed by atoms with Crippen molar-refractivity contribution < 1.29 is 14.1 Å². The van der Waals surface area contributed by atoms with E-state index in [2.05, 4.69) is 16.1 Å². The summed E-state index contributed by atoms with van der Waals surface area (Å²) >= 11 is 0. The van der Waals surface area contributed by atoms with Gasteiger partial charge >= 0.3 is 0 Å². The third-order valence-corrected chi connectivity index (χ3v) is 6.25. The number of carbonyl (C=O) groups is 2. The molecule has 4 rings (SSSR count). The molecule has 7 nitrogen and oxygen atoms in total. The molecule has 0 N–H and O–H groups in total. The first kappa shape index (κ1) is 20.6. The molecule has 1 fully saturated rings. The molecule has 160 valence electrons. The highest BCUT2D eigenvalue weighted by Gasteiger charge is 2.26. The van der Waals surface area contributed by atoms with Crippen molar-refractivity contribution in [3.63, 3.8) is 0 Å². The van der Waals surface area contributed by atoms with Crippen molar-refractivity contribution in [2.45, 2.75) is 46.1 Å². The number of benzene rings is 1. The molecular formula is C23H30N4O3. The smallest absolute Gasteiger partial charge is 0.227 e. The lowest BCUT2D eigenvalue weighted by atomic mass is 10.2. The number of nitrogens with zero attached hydrogens (tertiary/aromatic N) is 4. The molecule has 0 bridgehead atoms. The second-order valence-corrected chi connectivity index (χ2v) is 8.24. The molecule has 1 saturated heterocycles. The predicted octanol–water partition coefficient (Wildman–Crippen LogP) is 2.70. The first-order valence-electron chi connectivity index (χ1n) is 10.8. The zero-order valence-corrected chi connectivity index (χ0v) is 17.9. The van der Waals surface area contributed by atoms with Gasteiger partial charge in [-0.1, -0.05) is 23.4 Å². The first-order chi connectivity index (χ1) is 14.5. The van der Waals surface area contributed by atoms with Gasteiger partial charge in [0.2, 0.25) is 11.8 Å². The fourth-order valence-electron chi connectivity index (χ4n) is 4.43. The Labute approximate surface area is 177 Å². The quantitative estimate of drug-likeness (QED) is 0.758. The SMILES string of the molecule is Cc1noc(C)c1CN1CCCN(C(=O)CCC(=O)N2CCc3ccccc32)CC1. The maximum atomic E-state index is 12.8. The lowest BCUT2D eigenvalue weighted by molar-refractivity contribution is -0.133. The van der Waals surface area contributed by atoms with Crippen LogP contribution in [0.4, 0.5) is 5.69 Å². The van der Waals surface area contributed by atoms with Gasteiger partial charge in [0.1, 0.15) is 5.76 Å². The van der Waals surface area contributed by atoms with Crippen LogP contribution in [0.5, 0.6) is 0 Å². The van der Waals surface area contributed by atoms with E-state index in [1.807, 2.05) is 41.8 Å². The summed E-state index contributed by atoms with van der Waals surface area (Å²) < 4.78 is 5.27. The van der Waals surface area contributed by atoms with Crippen molar-refractivity contribution >= 4 is 17.5 Å². The van der Waals surface area contributed by atoms with Crippen molar-refractivity contribution in [1.29, 1.82) is 0 Å². The lowest BCUT2D eigenvalue weighted by Crippen LogP contribution is -2.36. The molecule has 2 aliphatic rings. The first-order valence-corrected chi connectivity index (χ1v) is 10.8. The van der Waals surface area contributed by atoms with E-state index in [1.54, 1.807) is 0 Å². The van der Waals surface area contributed by atoms with Crippen LogP contribution in [0.3, 0.4) is 0 Å². The minimum Gasteiger partial charge on any atom is -0.361 e. The highest BCUT2D eigenvalue weighted by Crippen LogP contribution is 2.28. The molecule has 2 amide bonds. The van der Waals surface area contributed by atoms with Crippen LogP contribution in [-0.2, 0) is 22.6 Å². The van der Waals surface area contributed by atoms with Crippen LogP contribution < -0.4 is 4.90 Å². The van der Waals surface area contributed by atoms with E-state index in [9.17, 15) is 9.59 Å². The molecule has 2 aliphatic heterocycles. The molecule has 0 saturated carbocycles. The van der Waals surface area contributed by atoms with E-state index in [-0.39, 0.29) is 24.7 Å². The Hall–Kier alpha value is -2.67. The van der Waals surface area contributed by atoms with Gasteiger partial charge in [0, 0.05) is 63.4 Å². The maximum absolute atomic E-state index is 12.8. The number of aryl methyl sites for hydroxylation is 2. The minimum atomic E-state index is 0.0446. The molecule has 0 radical (unpaired) electrons. The van der Waals surface area contributed by atoms with Crippen LogP contribution >= 0.6 is 0 Å². The number of anilines is 1. The molecule has 1 aromatic heterocycles. The summed E-state index contributed by atoms with van der Waals surface area (Å²) in [7, 11) is 0. The van der Waals surface area contributed by atoms with Crippen LogP contribution in [0, 0.1) is 13.8 Å². The van der Waals surface area contributed by atoms with Crippen molar-refractivity contribution in [2.75, 3.05) is 37.6 Å². The van der Waals surface area contributed by atoms with Gasteiger partial charge in [-0.3, -0.25) is 14.5 Å². The molecule has 0 aliphatic carbocycles. The largest absolute Gasteiger partial charge is 0.361 e. The number of carbonyl (C=O) groups excluding carboxylic acids is 2. The number of aromatic nitrogens is 1. The van der Waals surface area contributed by atoms with Crippen LogP contribution in [-0.4, -0.2) is 59.5 Å². The Morgan fingerprint density at radius 3 is 2.60 bits per heavy atom. The van der Waals surface area contributed by atoms with Gasteiger partial charge in [0.25, 0.3) is 0 Å². The minimum absolute atomic E-state index is 0.0446. The third-order valence-electron chi connectivity index (χ3n) is 6.25. The Morgan fingerprint density at radius 1 is 1.00 bits per heavy atom. The van der Waals surface area contributed by atoms with Gasteiger partial charge in [0.15, 0.2) is 0 Å². The summed E-state index contributed by atoms with van der Waals surface area (Å²) in [6.45, 7) is 8.64. The topological polar surface area (TPSA) is 69.9 Å². The van der Waals surface area contributed by atoms with Gasteiger partial charge in [-0.25, -0.2) is 0 Å². The fourth-order valence-corrected chi connectivity index (χ4v) is 4.43. The number of hydrogen-bond acceptors (Lipinski definition) is 5. The molecule has 30 heavy (non-hydrogen) atoms. The highest BCUT2D eigenvalue weighted by molar-refractivity contribution is 5.97. The average Bonchev–Trinajstić information content (AvgIpc) is 3.22. The highest BCUT2D eigenvalue weighted by atomic mass is 16.5. The molecule has 0 atom stereocenters. The zero-order valence-electron chi connectivity index (χ0n) is 17.9. The van der Waals surface area contributed by atoms with E-state index >= 15 is 0 Å². The molecule has 0 unspecified atom stereocenters. The van der Waals surface area contributed by atoms with E-state index < -0.39 is 0 Å². The van der Waals surface area contributed by atoms with Gasteiger partial charge in [-0.05, 0) is 38.3 Å². The standard InChI is InChI=1S/C23H30N4O3/c1-17-20(18(2)30-24-17)16-25-11-5-12-26(15-14-25)22(28)8-9-23(29)27-13-10-19-6-3-4-7-21(19)27/h3-4,6-7H,5,8-16H2,1-2H3. The Bertz CT molecular complexity index is 903. The summed E-state index contributed by atoms with van der Waals surface area (Å²) in [6, 6.07) is 8.02. The molecule has 7 heteroatoms. The van der Waals surface area contributed by atoms with Crippen LogP contribution in [0.1, 0.15) is 41.8 Å². The average molecular weight is 411 g/mol. The van der Waals surface area contributed by atoms with E-state index in [0.29, 0.717) is 13.1 Å². The number of fused-ring (bicyclic) bond motifs is 1. The molecule has 1 aromatic carbocycles. The van der Waals surface area contributed by atoms with Crippen LogP contribution in [0.2, 0.25) is 0 Å². The van der Waals surface area contributed by atoms with Crippen LogP contribution in [0.15, 0.2) is 28.8 Å². The molecule has 2 aromatic rings. The van der Waals surface area contributed by atoms with Crippen LogP contribution in [0.25, 0.3) is 0 Å². The van der Waals surface area contributed by atoms with E-state index in [1.165, 1.54) is 5.56 Å². The number of amides is 2. The Morgan fingerprint density at radius 2 is 1.80 bits per heavy atom. The molecular weight excluding hydrogens is 380 g/mol. The Kier molecular flexibility index (Phi) is 6.18. The van der Waals surface area contributed by atoms with Crippen molar-refractivity contribution in [1.82, 2.24) is 15.0 Å². The fraction of sp³-hybridized carbons (Fsp3) is 0.522. The summed E-state index contributed by atoms with van der Waals surface area (Å²) in [5.41, 5.74) is 4.29. The summed E-state index contributed by atoms with van der Waals surface area (Å²) in [4.78, 5) is 31.5. The van der Waals surface area contributed by atoms with Crippen molar-refractivity contribution in [3.8, 4) is 0 Å². The lowest BCUT2D eigenvalue weighted by Gasteiger charge is -2.22. The number of para-hydroxylation sites is 1. The third kappa shape index (κ3) is 4.41. The second kappa shape index (κ2) is 9.00. The zero-order chi connectivity index (χ0) is 21.1. The van der Waals surface area contributed by atoms with E-state index in [0.717, 1.165) is 61.7 Å². The Balaban J connectivity index is 1.27. The summed E-state index contributed by atoms with van der Waals surface area (Å²) in [6.07, 6.45) is 2.37. The van der Waals surface area contributed by atoms with Gasteiger partial charge in [0.05, 0.1) is 5.69 Å². The number of rotatable bonds is 5. The number of hydrogen-bond donors (Lipinski definition) is 0. The van der Waals surface area contributed by atoms with Gasteiger partial charge < -0.3 is 14.3 Å². The van der Waals surface area contributed by atoms with Gasteiger partial charge in [-0.2, -0.15) is 0 Å².